The predicted molar refractivity (Wildman–Crippen MR) is 147 cm³/mol. The van der Waals surface area contributed by atoms with Gasteiger partial charge in [0.2, 0.25) is 9.81 Å². The number of pyridine rings is 1. The van der Waals surface area contributed by atoms with Crippen LogP contribution in [-0.2, 0) is 4.74 Å². The molecule has 0 fully saturated rings. The van der Waals surface area contributed by atoms with Crippen LogP contribution in [0.25, 0.3) is 28.1 Å². The highest BCUT2D eigenvalue weighted by molar-refractivity contribution is 7.10. The molecule has 0 radical (unpaired) electrons. The first kappa shape index (κ1) is 25.1. The van der Waals surface area contributed by atoms with E-state index in [1.807, 2.05) is 66.7 Å². The van der Waals surface area contributed by atoms with Crippen molar-refractivity contribution in [2.45, 2.75) is 6.92 Å². The van der Waals surface area contributed by atoms with Gasteiger partial charge in [0.15, 0.2) is 5.82 Å². The number of carbonyl (C=O) groups excluding carboxylic acids is 1. The van der Waals surface area contributed by atoms with Crippen molar-refractivity contribution in [1.29, 1.82) is 5.26 Å². The first-order valence-electron chi connectivity index (χ1n) is 11.7. The van der Waals surface area contributed by atoms with Crippen molar-refractivity contribution in [2.75, 3.05) is 6.61 Å². The molecule has 5 rings (SSSR count). The fourth-order valence-electron chi connectivity index (χ4n) is 3.80. The quantitative estimate of drug-likeness (QED) is 0.227. The lowest BCUT2D eigenvalue weighted by molar-refractivity contribution is 0.0524. The molecule has 0 aliphatic heterocycles. The standard InChI is InChI=1S/C29H20ClN5O2S/c1-2-37-28(36)27-34-35(22-15-13-21(30)14-16-22)29(38-27)33-26-24(18-31)23(19-9-5-3-6-10-19)17-25(32-26)20-11-7-4-8-12-20/h3-17H,2H2,1H3/b33-29-. The number of nitriles is 1. The molecule has 2 aromatic heterocycles. The molecule has 0 aliphatic carbocycles. The van der Waals surface area contributed by atoms with Gasteiger partial charge in [0.25, 0.3) is 0 Å². The number of rotatable bonds is 6. The molecule has 2 heterocycles. The fraction of sp³-hybridized carbons (Fsp3) is 0.0690. The number of esters is 1. The second-order valence-electron chi connectivity index (χ2n) is 8.01. The number of hydrogen-bond donors (Lipinski definition) is 0. The molecule has 0 aliphatic rings. The Morgan fingerprint density at radius 2 is 1.68 bits per heavy atom. The Morgan fingerprint density at radius 3 is 2.32 bits per heavy atom. The van der Waals surface area contributed by atoms with Gasteiger partial charge in [0, 0.05) is 16.1 Å². The molecule has 186 valence electrons. The summed E-state index contributed by atoms with van der Waals surface area (Å²) >= 11 is 7.14. The maximum Gasteiger partial charge on any atom is 0.369 e. The number of ether oxygens (including phenoxy) is 1. The van der Waals surface area contributed by atoms with Crippen molar-refractivity contribution < 1.29 is 9.53 Å². The van der Waals surface area contributed by atoms with E-state index in [9.17, 15) is 10.1 Å². The summed E-state index contributed by atoms with van der Waals surface area (Å²) in [6.07, 6.45) is 0. The molecule has 0 spiro atoms. The summed E-state index contributed by atoms with van der Waals surface area (Å²) in [7, 11) is 0. The highest BCUT2D eigenvalue weighted by Crippen LogP contribution is 2.33. The Kier molecular flexibility index (Phi) is 7.40. The molecular weight excluding hydrogens is 518 g/mol. The molecule has 0 saturated heterocycles. The van der Waals surface area contributed by atoms with E-state index >= 15 is 0 Å². The molecule has 7 nitrogen and oxygen atoms in total. The molecule has 0 saturated carbocycles. The summed E-state index contributed by atoms with van der Waals surface area (Å²) in [5.74, 6) is -0.340. The highest BCUT2D eigenvalue weighted by Gasteiger charge is 2.19. The van der Waals surface area contributed by atoms with Crippen LogP contribution in [0.3, 0.4) is 0 Å². The summed E-state index contributed by atoms with van der Waals surface area (Å²) in [6.45, 7) is 1.94. The first-order chi connectivity index (χ1) is 18.6. The second-order valence-corrected chi connectivity index (χ2v) is 9.40. The van der Waals surface area contributed by atoms with Crippen molar-refractivity contribution in [2.24, 2.45) is 4.99 Å². The summed E-state index contributed by atoms with van der Waals surface area (Å²) < 4.78 is 6.69. The van der Waals surface area contributed by atoms with Crippen LogP contribution in [0.15, 0.2) is 96.0 Å². The zero-order valence-electron chi connectivity index (χ0n) is 20.2. The third-order valence-electron chi connectivity index (χ3n) is 5.55. The topological polar surface area (TPSA) is 93.2 Å². The van der Waals surface area contributed by atoms with E-state index in [0.29, 0.717) is 32.3 Å². The molecule has 38 heavy (non-hydrogen) atoms. The Labute approximate surface area is 227 Å². The predicted octanol–water partition coefficient (Wildman–Crippen LogP) is 6.60. The van der Waals surface area contributed by atoms with Crippen LogP contribution in [0.4, 0.5) is 5.82 Å². The Morgan fingerprint density at radius 1 is 1.03 bits per heavy atom. The zero-order valence-corrected chi connectivity index (χ0v) is 21.8. The van der Waals surface area contributed by atoms with Crippen molar-refractivity contribution in [3.8, 4) is 34.1 Å². The molecule has 5 aromatic rings. The van der Waals surface area contributed by atoms with E-state index in [-0.39, 0.29) is 17.4 Å². The number of nitrogens with zero attached hydrogens (tertiary/aromatic N) is 5. The number of benzene rings is 3. The van der Waals surface area contributed by atoms with E-state index in [1.165, 1.54) is 4.68 Å². The van der Waals surface area contributed by atoms with Crippen molar-refractivity contribution in [3.63, 3.8) is 0 Å². The number of carbonyl (C=O) groups is 1. The Balaban J connectivity index is 1.79. The summed E-state index contributed by atoms with van der Waals surface area (Å²) in [6, 6.07) is 30.5. The van der Waals surface area contributed by atoms with Gasteiger partial charge in [-0.2, -0.15) is 10.3 Å². The van der Waals surface area contributed by atoms with Gasteiger partial charge in [0.05, 0.1) is 18.0 Å². The lowest BCUT2D eigenvalue weighted by atomic mass is 9.98. The maximum absolute atomic E-state index is 12.5. The summed E-state index contributed by atoms with van der Waals surface area (Å²) in [5, 5.41) is 15.4. The van der Waals surface area contributed by atoms with E-state index in [0.717, 1.165) is 22.5 Å². The van der Waals surface area contributed by atoms with Gasteiger partial charge in [-0.15, -0.1) is 5.10 Å². The van der Waals surface area contributed by atoms with Crippen LogP contribution >= 0.6 is 22.9 Å². The lowest BCUT2D eigenvalue weighted by Crippen LogP contribution is -2.14. The van der Waals surface area contributed by atoms with Gasteiger partial charge < -0.3 is 4.74 Å². The molecule has 0 unspecified atom stereocenters. The number of hydrogen-bond acceptors (Lipinski definition) is 7. The molecule has 0 bridgehead atoms. The fourth-order valence-corrected chi connectivity index (χ4v) is 4.72. The van der Waals surface area contributed by atoms with E-state index in [4.69, 9.17) is 26.3 Å². The highest BCUT2D eigenvalue weighted by atomic mass is 35.5. The molecule has 0 amide bonds. The summed E-state index contributed by atoms with van der Waals surface area (Å²) in [5.41, 5.74) is 4.06. The van der Waals surface area contributed by atoms with Crippen molar-refractivity contribution in [3.05, 3.63) is 111 Å². The van der Waals surface area contributed by atoms with Crippen LogP contribution in [0.5, 0.6) is 0 Å². The largest absolute Gasteiger partial charge is 0.461 e. The van der Waals surface area contributed by atoms with Gasteiger partial charge in [-0.1, -0.05) is 83.6 Å². The number of halogens is 1. The van der Waals surface area contributed by atoms with Gasteiger partial charge in [-0.05, 0) is 42.8 Å². The monoisotopic (exact) mass is 537 g/mol. The number of aromatic nitrogens is 3. The Bertz CT molecular complexity index is 1710. The third-order valence-corrected chi connectivity index (χ3v) is 6.69. The normalized spacial score (nSPS) is 11.2. The van der Waals surface area contributed by atoms with Crippen LogP contribution in [0.2, 0.25) is 5.02 Å². The van der Waals surface area contributed by atoms with Crippen molar-refractivity contribution >= 4 is 34.7 Å². The Hall–Kier alpha value is -4.58. The third kappa shape index (κ3) is 5.25. The zero-order chi connectivity index (χ0) is 26.5. The second kappa shape index (κ2) is 11.2. The molecule has 0 atom stereocenters. The lowest BCUT2D eigenvalue weighted by Gasteiger charge is -2.10. The van der Waals surface area contributed by atoms with E-state index in [2.05, 4.69) is 11.2 Å². The maximum atomic E-state index is 12.5. The first-order valence-corrected chi connectivity index (χ1v) is 12.9. The van der Waals surface area contributed by atoms with Gasteiger partial charge in [0.1, 0.15) is 11.6 Å². The molecule has 9 heteroatoms. The van der Waals surface area contributed by atoms with E-state index in [1.54, 1.807) is 31.2 Å². The average molecular weight is 538 g/mol. The van der Waals surface area contributed by atoms with Crippen LogP contribution in [0, 0.1) is 11.3 Å². The summed E-state index contributed by atoms with van der Waals surface area (Å²) in [4.78, 5) is 22.4. The minimum atomic E-state index is -0.557. The SMILES string of the molecule is CCOC(=O)c1nn(-c2ccc(Cl)cc2)/c(=N/c2nc(-c3ccccc3)cc(-c3ccccc3)c2C#N)s1. The molecule has 0 N–H and O–H groups in total. The van der Waals surface area contributed by atoms with Crippen LogP contribution in [0.1, 0.15) is 22.3 Å². The average Bonchev–Trinajstić information content (AvgIpc) is 3.38. The minimum absolute atomic E-state index is 0.126. The molecular formula is C29H20ClN5O2S. The molecule has 3 aromatic carbocycles. The van der Waals surface area contributed by atoms with Crippen LogP contribution in [-0.4, -0.2) is 27.3 Å². The van der Waals surface area contributed by atoms with Gasteiger partial charge in [-0.25, -0.2) is 14.5 Å². The van der Waals surface area contributed by atoms with Gasteiger partial charge >= 0.3 is 5.97 Å². The van der Waals surface area contributed by atoms with E-state index < -0.39 is 5.97 Å². The smallest absolute Gasteiger partial charge is 0.369 e. The minimum Gasteiger partial charge on any atom is -0.461 e. The van der Waals surface area contributed by atoms with Crippen molar-refractivity contribution in [1.82, 2.24) is 14.8 Å². The van der Waals surface area contributed by atoms with Crippen LogP contribution < -0.4 is 4.80 Å². The van der Waals surface area contributed by atoms with Gasteiger partial charge in [-0.3, -0.25) is 0 Å².